The van der Waals surface area contributed by atoms with E-state index in [-0.39, 0.29) is 0 Å². The molecule has 0 fully saturated rings. The number of benzene rings is 3. The van der Waals surface area contributed by atoms with Crippen molar-refractivity contribution in [1.82, 2.24) is 0 Å². The molecule has 3 aromatic rings. The lowest BCUT2D eigenvalue weighted by Crippen LogP contribution is -1.99. The van der Waals surface area contributed by atoms with Crippen LogP contribution in [0.2, 0.25) is 10.0 Å². The van der Waals surface area contributed by atoms with Crippen molar-refractivity contribution in [2.24, 2.45) is 4.99 Å². The predicted molar refractivity (Wildman–Crippen MR) is 112 cm³/mol. The average molecular weight is 400 g/mol. The standard InChI is InChI=1S/C22H19Cl2NO2/c1-15-3-8-19(9-4-15)25-13-16-5-10-21(22(11-16)26-2)27-14-17-6-7-18(23)12-20(17)24/h3-13H,14H2,1-2H3. The summed E-state index contributed by atoms with van der Waals surface area (Å²) in [4.78, 5) is 4.48. The van der Waals surface area contributed by atoms with Crippen molar-refractivity contribution in [3.8, 4) is 11.5 Å². The molecule has 0 aliphatic carbocycles. The Bertz CT molecular complexity index is 953. The Morgan fingerprint density at radius 1 is 0.926 bits per heavy atom. The van der Waals surface area contributed by atoms with E-state index >= 15 is 0 Å². The molecule has 0 unspecified atom stereocenters. The number of ether oxygens (including phenoxy) is 2. The largest absolute Gasteiger partial charge is 0.493 e. The van der Waals surface area contributed by atoms with Crippen LogP contribution in [0, 0.1) is 6.92 Å². The lowest BCUT2D eigenvalue weighted by molar-refractivity contribution is 0.284. The van der Waals surface area contributed by atoms with E-state index in [0.717, 1.165) is 16.8 Å². The quantitative estimate of drug-likeness (QED) is 0.434. The minimum Gasteiger partial charge on any atom is -0.493 e. The second-order valence-electron chi connectivity index (χ2n) is 6.03. The Kier molecular flexibility index (Phi) is 6.38. The van der Waals surface area contributed by atoms with Crippen molar-refractivity contribution >= 4 is 35.1 Å². The molecule has 138 valence electrons. The van der Waals surface area contributed by atoms with Crippen LogP contribution in [0.15, 0.2) is 65.7 Å². The Morgan fingerprint density at radius 2 is 1.70 bits per heavy atom. The zero-order valence-electron chi connectivity index (χ0n) is 15.1. The van der Waals surface area contributed by atoms with Gasteiger partial charge in [0.2, 0.25) is 0 Å². The molecule has 0 spiro atoms. The first kappa shape index (κ1) is 19.3. The third kappa shape index (κ3) is 5.25. The highest BCUT2D eigenvalue weighted by molar-refractivity contribution is 6.35. The summed E-state index contributed by atoms with van der Waals surface area (Å²) in [5.74, 6) is 1.27. The van der Waals surface area contributed by atoms with Crippen LogP contribution in [0.3, 0.4) is 0 Å². The Labute approximate surface area is 169 Å². The molecule has 3 rings (SSSR count). The molecule has 0 aromatic heterocycles. The molecule has 0 aliphatic rings. The van der Waals surface area contributed by atoms with Gasteiger partial charge in [0.1, 0.15) is 6.61 Å². The highest BCUT2D eigenvalue weighted by Gasteiger charge is 2.08. The SMILES string of the molecule is COc1cc(C=Nc2ccc(C)cc2)ccc1OCc1ccc(Cl)cc1Cl. The van der Waals surface area contributed by atoms with Crippen LogP contribution in [0.25, 0.3) is 0 Å². The summed E-state index contributed by atoms with van der Waals surface area (Å²) < 4.78 is 11.3. The van der Waals surface area contributed by atoms with Crippen LogP contribution >= 0.6 is 23.2 Å². The smallest absolute Gasteiger partial charge is 0.161 e. The maximum atomic E-state index is 6.19. The summed E-state index contributed by atoms with van der Waals surface area (Å²) in [6.45, 7) is 2.37. The van der Waals surface area contributed by atoms with Crippen molar-refractivity contribution in [2.75, 3.05) is 7.11 Å². The summed E-state index contributed by atoms with van der Waals surface area (Å²) >= 11 is 12.1. The van der Waals surface area contributed by atoms with Crippen molar-refractivity contribution in [2.45, 2.75) is 13.5 Å². The highest BCUT2D eigenvalue weighted by atomic mass is 35.5. The number of aliphatic imine (C=N–C) groups is 1. The third-order valence-corrected chi connectivity index (χ3v) is 4.57. The number of nitrogens with zero attached hydrogens (tertiary/aromatic N) is 1. The first-order chi connectivity index (χ1) is 13.0. The lowest BCUT2D eigenvalue weighted by atomic mass is 10.2. The van der Waals surface area contributed by atoms with Crippen LogP contribution < -0.4 is 9.47 Å². The fourth-order valence-electron chi connectivity index (χ4n) is 2.46. The molecule has 0 atom stereocenters. The molecule has 0 saturated heterocycles. The van der Waals surface area contributed by atoms with E-state index < -0.39 is 0 Å². The van der Waals surface area contributed by atoms with Gasteiger partial charge in [-0.2, -0.15) is 0 Å². The number of rotatable bonds is 6. The number of aryl methyl sites for hydroxylation is 1. The van der Waals surface area contributed by atoms with Crippen LogP contribution in [0.4, 0.5) is 5.69 Å². The second-order valence-corrected chi connectivity index (χ2v) is 6.87. The van der Waals surface area contributed by atoms with Crippen LogP contribution in [0.1, 0.15) is 16.7 Å². The number of methoxy groups -OCH3 is 1. The monoisotopic (exact) mass is 399 g/mol. The normalized spacial score (nSPS) is 11.0. The maximum Gasteiger partial charge on any atom is 0.161 e. The van der Waals surface area contributed by atoms with E-state index in [1.54, 1.807) is 25.5 Å². The zero-order valence-corrected chi connectivity index (χ0v) is 16.6. The molecule has 0 N–H and O–H groups in total. The van der Waals surface area contributed by atoms with Gasteiger partial charge in [0, 0.05) is 21.8 Å². The van der Waals surface area contributed by atoms with E-state index in [4.69, 9.17) is 32.7 Å². The number of hydrogen-bond acceptors (Lipinski definition) is 3. The van der Waals surface area contributed by atoms with E-state index in [1.165, 1.54) is 5.56 Å². The summed E-state index contributed by atoms with van der Waals surface area (Å²) in [5.41, 5.74) is 3.88. The molecule has 5 heteroatoms. The maximum absolute atomic E-state index is 6.19. The molecular weight excluding hydrogens is 381 g/mol. The molecule has 0 amide bonds. The molecule has 0 aliphatic heterocycles. The van der Waals surface area contributed by atoms with E-state index in [1.807, 2.05) is 55.5 Å². The van der Waals surface area contributed by atoms with Gasteiger partial charge in [-0.15, -0.1) is 0 Å². The average Bonchev–Trinajstić information content (AvgIpc) is 2.67. The van der Waals surface area contributed by atoms with Gasteiger partial charge in [0.05, 0.1) is 12.8 Å². The first-order valence-corrected chi connectivity index (χ1v) is 9.16. The van der Waals surface area contributed by atoms with Gasteiger partial charge in [0.25, 0.3) is 0 Å². The minimum absolute atomic E-state index is 0.323. The molecule has 27 heavy (non-hydrogen) atoms. The van der Waals surface area contributed by atoms with Gasteiger partial charge < -0.3 is 9.47 Å². The van der Waals surface area contributed by atoms with Gasteiger partial charge in [-0.25, -0.2) is 0 Å². The highest BCUT2D eigenvalue weighted by Crippen LogP contribution is 2.30. The minimum atomic E-state index is 0.323. The Morgan fingerprint density at radius 3 is 2.41 bits per heavy atom. The second kappa shape index (κ2) is 8.94. The van der Waals surface area contributed by atoms with Crippen molar-refractivity contribution in [3.05, 3.63) is 87.4 Å². The van der Waals surface area contributed by atoms with Crippen LogP contribution in [-0.4, -0.2) is 13.3 Å². The number of halogens is 2. The zero-order chi connectivity index (χ0) is 19.2. The summed E-state index contributed by atoms with van der Waals surface area (Å²) in [6, 6.07) is 19.0. The van der Waals surface area contributed by atoms with Gasteiger partial charge in [-0.1, -0.05) is 47.0 Å². The van der Waals surface area contributed by atoms with E-state index in [9.17, 15) is 0 Å². The Hall–Kier alpha value is -2.49. The van der Waals surface area contributed by atoms with Gasteiger partial charge in [-0.3, -0.25) is 4.99 Å². The van der Waals surface area contributed by atoms with E-state index in [2.05, 4.69) is 4.99 Å². The molecule has 0 bridgehead atoms. The first-order valence-electron chi connectivity index (χ1n) is 8.40. The van der Waals surface area contributed by atoms with E-state index in [0.29, 0.717) is 28.2 Å². The number of hydrogen-bond donors (Lipinski definition) is 0. The summed E-state index contributed by atoms with van der Waals surface area (Å²) in [7, 11) is 1.61. The van der Waals surface area contributed by atoms with Crippen molar-refractivity contribution in [3.63, 3.8) is 0 Å². The lowest BCUT2D eigenvalue weighted by Gasteiger charge is -2.12. The Balaban J connectivity index is 1.72. The van der Waals surface area contributed by atoms with Crippen molar-refractivity contribution in [1.29, 1.82) is 0 Å². The van der Waals surface area contributed by atoms with Crippen molar-refractivity contribution < 1.29 is 9.47 Å². The molecule has 0 heterocycles. The van der Waals surface area contributed by atoms with Gasteiger partial charge in [0.15, 0.2) is 11.5 Å². The van der Waals surface area contributed by atoms with Gasteiger partial charge in [-0.05, 0) is 55.0 Å². The molecule has 0 radical (unpaired) electrons. The molecular formula is C22H19Cl2NO2. The fraction of sp³-hybridized carbons (Fsp3) is 0.136. The fourth-order valence-corrected chi connectivity index (χ4v) is 2.92. The molecule has 0 saturated carbocycles. The third-order valence-electron chi connectivity index (χ3n) is 3.98. The van der Waals surface area contributed by atoms with Gasteiger partial charge >= 0.3 is 0 Å². The summed E-state index contributed by atoms with van der Waals surface area (Å²) in [6.07, 6.45) is 1.80. The predicted octanol–water partition coefficient (Wildman–Crippen LogP) is 6.64. The molecule has 3 nitrogen and oxygen atoms in total. The van der Waals surface area contributed by atoms with Crippen LogP contribution in [-0.2, 0) is 6.61 Å². The van der Waals surface area contributed by atoms with Crippen LogP contribution in [0.5, 0.6) is 11.5 Å². The molecule has 3 aromatic carbocycles. The topological polar surface area (TPSA) is 30.8 Å². The summed E-state index contributed by atoms with van der Waals surface area (Å²) in [5, 5.41) is 1.17.